The van der Waals surface area contributed by atoms with Crippen LogP contribution >= 0.6 is 12.2 Å². The van der Waals surface area contributed by atoms with Gasteiger partial charge in [0.1, 0.15) is 5.82 Å². The van der Waals surface area contributed by atoms with E-state index in [2.05, 4.69) is 4.98 Å². The summed E-state index contributed by atoms with van der Waals surface area (Å²) in [5.41, 5.74) is 2.19. The highest BCUT2D eigenvalue weighted by Gasteiger charge is 2.14. The predicted octanol–water partition coefficient (Wildman–Crippen LogP) is 4.41. The van der Waals surface area contributed by atoms with Crippen molar-refractivity contribution in [3.63, 3.8) is 0 Å². The van der Waals surface area contributed by atoms with Crippen LogP contribution in [0.2, 0.25) is 0 Å². The van der Waals surface area contributed by atoms with Crippen LogP contribution in [0.3, 0.4) is 0 Å². The minimum atomic E-state index is -1.23. The zero-order valence-electron chi connectivity index (χ0n) is 10.4. The van der Waals surface area contributed by atoms with Gasteiger partial charge in [0.2, 0.25) is 0 Å². The molecule has 20 heavy (non-hydrogen) atoms. The first-order valence-electron chi connectivity index (χ1n) is 5.83. The standard InChI is InChI=1S/C14H9F3N2S/c1-7-2-3-12-11(4-7)18-14(20)19(12)13-6-9(16)8(15)5-10(13)17/h2-6H,1H3,(H,18,20). The monoisotopic (exact) mass is 294 g/mol. The minimum Gasteiger partial charge on any atom is -0.330 e. The Labute approximate surface area is 117 Å². The summed E-state index contributed by atoms with van der Waals surface area (Å²) in [6.45, 7) is 1.91. The van der Waals surface area contributed by atoms with Gasteiger partial charge < -0.3 is 4.98 Å². The number of hydrogen-bond donors (Lipinski definition) is 1. The molecule has 1 heterocycles. The van der Waals surface area contributed by atoms with Gasteiger partial charge in [0.25, 0.3) is 0 Å². The molecule has 0 aliphatic carbocycles. The molecule has 0 atom stereocenters. The molecule has 2 aromatic carbocycles. The zero-order valence-corrected chi connectivity index (χ0v) is 11.2. The summed E-state index contributed by atoms with van der Waals surface area (Å²) >= 11 is 5.14. The molecule has 1 N–H and O–H groups in total. The van der Waals surface area contributed by atoms with Crippen molar-refractivity contribution < 1.29 is 13.2 Å². The summed E-state index contributed by atoms with van der Waals surface area (Å²) in [4.78, 5) is 2.92. The van der Waals surface area contributed by atoms with Crippen molar-refractivity contribution in [3.8, 4) is 5.69 Å². The average molecular weight is 294 g/mol. The summed E-state index contributed by atoms with van der Waals surface area (Å²) in [6.07, 6.45) is 0. The first-order chi connectivity index (χ1) is 9.47. The molecular weight excluding hydrogens is 285 g/mol. The van der Waals surface area contributed by atoms with Crippen molar-refractivity contribution >= 4 is 23.3 Å². The van der Waals surface area contributed by atoms with E-state index in [9.17, 15) is 13.2 Å². The molecule has 0 amide bonds. The normalized spacial score (nSPS) is 11.2. The number of imidazole rings is 1. The summed E-state index contributed by atoms with van der Waals surface area (Å²) in [5, 5.41) is 0. The fourth-order valence-corrected chi connectivity index (χ4v) is 2.45. The van der Waals surface area contributed by atoms with E-state index in [1.165, 1.54) is 4.57 Å². The van der Waals surface area contributed by atoms with Crippen LogP contribution in [0.4, 0.5) is 13.2 Å². The fraction of sp³-hybridized carbons (Fsp3) is 0.0714. The number of aromatic nitrogens is 2. The number of halogens is 3. The summed E-state index contributed by atoms with van der Waals surface area (Å²) in [5.74, 6) is -3.22. The molecule has 0 spiro atoms. The van der Waals surface area contributed by atoms with Crippen molar-refractivity contribution in [2.24, 2.45) is 0 Å². The Hall–Kier alpha value is -2.08. The van der Waals surface area contributed by atoms with Gasteiger partial charge in [0.05, 0.1) is 16.7 Å². The number of nitrogens with one attached hydrogen (secondary N) is 1. The maximum atomic E-state index is 13.9. The topological polar surface area (TPSA) is 20.7 Å². The number of rotatable bonds is 1. The van der Waals surface area contributed by atoms with Crippen LogP contribution in [0.1, 0.15) is 5.56 Å². The third-order valence-corrected chi connectivity index (χ3v) is 3.35. The van der Waals surface area contributed by atoms with Crippen LogP contribution in [0, 0.1) is 29.1 Å². The molecule has 3 rings (SSSR count). The van der Waals surface area contributed by atoms with E-state index in [1.54, 1.807) is 6.07 Å². The van der Waals surface area contributed by atoms with Crippen LogP contribution < -0.4 is 0 Å². The van der Waals surface area contributed by atoms with Gasteiger partial charge in [-0.15, -0.1) is 0 Å². The number of aromatic amines is 1. The molecule has 2 nitrogen and oxygen atoms in total. The van der Waals surface area contributed by atoms with E-state index >= 15 is 0 Å². The Morgan fingerprint density at radius 3 is 2.45 bits per heavy atom. The van der Waals surface area contributed by atoms with Crippen molar-refractivity contribution in [2.75, 3.05) is 0 Å². The third-order valence-electron chi connectivity index (χ3n) is 3.07. The van der Waals surface area contributed by atoms with Gasteiger partial charge in [-0.05, 0) is 36.8 Å². The molecule has 0 bridgehead atoms. The number of benzene rings is 2. The number of nitrogens with zero attached hydrogens (tertiary/aromatic N) is 1. The highest BCUT2D eigenvalue weighted by Crippen LogP contribution is 2.24. The van der Waals surface area contributed by atoms with Crippen molar-refractivity contribution in [2.45, 2.75) is 6.92 Å². The van der Waals surface area contributed by atoms with Crippen molar-refractivity contribution in [1.29, 1.82) is 0 Å². The third kappa shape index (κ3) is 1.92. The van der Waals surface area contributed by atoms with Gasteiger partial charge in [-0.1, -0.05) is 6.07 Å². The highest BCUT2D eigenvalue weighted by molar-refractivity contribution is 7.71. The molecule has 0 saturated heterocycles. The second kappa shape index (κ2) is 4.49. The molecule has 0 aliphatic rings. The van der Waals surface area contributed by atoms with Gasteiger partial charge in [-0.2, -0.15) is 0 Å². The molecule has 0 aliphatic heterocycles. The first kappa shape index (κ1) is 12.9. The summed E-state index contributed by atoms with van der Waals surface area (Å²) in [7, 11) is 0. The maximum absolute atomic E-state index is 13.9. The fourth-order valence-electron chi connectivity index (χ4n) is 2.15. The lowest BCUT2D eigenvalue weighted by molar-refractivity contribution is 0.493. The Bertz CT molecular complexity index is 880. The second-order valence-corrected chi connectivity index (χ2v) is 4.89. The van der Waals surface area contributed by atoms with Crippen LogP contribution in [-0.4, -0.2) is 9.55 Å². The highest BCUT2D eigenvalue weighted by atomic mass is 32.1. The Morgan fingerprint density at radius 1 is 1.00 bits per heavy atom. The van der Waals surface area contributed by atoms with Crippen LogP contribution in [0.25, 0.3) is 16.7 Å². The van der Waals surface area contributed by atoms with Crippen LogP contribution in [0.15, 0.2) is 30.3 Å². The van der Waals surface area contributed by atoms with Crippen molar-refractivity contribution in [1.82, 2.24) is 9.55 Å². The Morgan fingerprint density at radius 2 is 1.70 bits per heavy atom. The molecule has 6 heteroatoms. The molecule has 0 fully saturated rings. The number of aryl methyl sites for hydroxylation is 1. The van der Waals surface area contributed by atoms with Gasteiger partial charge in [0, 0.05) is 12.1 Å². The van der Waals surface area contributed by atoms with Gasteiger partial charge in [0.15, 0.2) is 16.4 Å². The molecular formula is C14H9F3N2S. The zero-order chi connectivity index (χ0) is 14.4. The van der Waals surface area contributed by atoms with Crippen LogP contribution in [0.5, 0.6) is 0 Å². The Kier molecular flexibility index (Phi) is 2.90. The summed E-state index contributed by atoms with van der Waals surface area (Å²) < 4.78 is 41.8. The smallest absolute Gasteiger partial charge is 0.182 e. The molecule has 0 saturated carbocycles. The van der Waals surface area contributed by atoms with E-state index in [1.807, 2.05) is 19.1 Å². The first-order valence-corrected chi connectivity index (χ1v) is 6.24. The maximum Gasteiger partial charge on any atom is 0.182 e. The molecule has 0 radical (unpaired) electrons. The van der Waals surface area contributed by atoms with Gasteiger partial charge >= 0.3 is 0 Å². The average Bonchev–Trinajstić information content (AvgIpc) is 2.69. The minimum absolute atomic E-state index is 0.121. The summed E-state index contributed by atoms with van der Waals surface area (Å²) in [6, 6.07) is 6.74. The number of H-pyrrole nitrogens is 1. The molecule has 1 aromatic heterocycles. The lowest BCUT2D eigenvalue weighted by atomic mass is 10.2. The predicted molar refractivity (Wildman–Crippen MR) is 73.1 cm³/mol. The largest absolute Gasteiger partial charge is 0.330 e. The quantitative estimate of drug-likeness (QED) is 0.520. The SMILES string of the molecule is Cc1ccc2c(c1)[nH]c(=S)n2-c1cc(F)c(F)cc1F. The lowest BCUT2D eigenvalue weighted by Gasteiger charge is -2.07. The van der Waals surface area contributed by atoms with Gasteiger partial charge in [-0.25, -0.2) is 13.2 Å². The van der Waals surface area contributed by atoms with E-state index in [4.69, 9.17) is 12.2 Å². The van der Waals surface area contributed by atoms with E-state index in [-0.39, 0.29) is 10.5 Å². The molecule has 0 unspecified atom stereocenters. The molecule has 102 valence electrons. The Balaban J connectivity index is 2.38. The van der Waals surface area contributed by atoms with E-state index in [0.29, 0.717) is 17.1 Å². The van der Waals surface area contributed by atoms with E-state index < -0.39 is 17.5 Å². The number of fused-ring (bicyclic) bond motifs is 1. The second-order valence-electron chi connectivity index (χ2n) is 4.50. The van der Waals surface area contributed by atoms with Gasteiger partial charge in [-0.3, -0.25) is 4.57 Å². The van der Waals surface area contributed by atoms with E-state index in [0.717, 1.165) is 11.6 Å². The number of hydrogen-bond acceptors (Lipinski definition) is 1. The van der Waals surface area contributed by atoms with Crippen LogP contribution in [-0.2, 0) is 0 Å². The molecule has 3 aromatic rings. The van der Waals surface area contributed by atoms with Crippen molar-refractivity contribution in [3.05, 3.63) is 58.1 Å². The lowest BCUT2D eigenvalue weighted by Crippen LogP contribution is -2.00.